The van der Waals surface area contributed by atoms with Crippen molar-refractivity contribution in [1.29, 1.82) is 0 Å². The van der Waals surface area contributed by atoms with Crippen LogP contribution in [0.5, 0.6) is 0 Å². The Bertz CT molecular complexity index is 482. The van der Waals surface area contributed by atoms with Crippen LogP contribution in [-0.2, 0) is 16.0 Å². The van der Waals surface area contributed by atoms with E-state index in [1.54, 1.807) is 11.9 Å². The number of fused-ring (bicyclic) bond motifs is 1. The fraction of sp³-hybridized carbons (Fsp3) is 0.385. The zero-order valence-corrected chi connectivity index (χ0v) is 9.93. The number of nitrogens with zero attached hydrogens (tertiary/aromatic N) is 1. The molecule has 1 aliphatic heterocycles. The van der Waals surface area contributed by atoms with Crippen LogP contribution in [0.4, 0.5) is 5.69 Å². The third kappa shape index (κ3) is 2.02. The molecule has 4 nitrogen and oxygen atoms in total. The fourth-order valence-corrected chi connectivity index (χ4v) is 2.21. The molecule has 17 heavy (non-hydrogen) atoms. The summed E-state index contributed by atoms with van der Waals surface area (Å²) in [6.45, 7) is 1.88. The molecule has 0 bridgehead atoms. The highest BCUT2D eigenvalue weighted by atomic mass is 16.4. The van der Waals surface area contributed by atoms with Gasteiger partial charge >= 0.3 is 5.97 Å². The van der Waals surface area contributed by atoms with Crippen LogP contribution in [0.15, 0.2) is 18.2 Å². The van der Waals surface area contributed by atoms with Crippen LogP contribution in [0.3, 0.4) is 0 Å². The summed E-state index contributed by atoms with van der Waals surface area (Å²) in [6, 6.07) is 5.74. The number of carbonyl (C=O) groups is 2. The second kappa shape index (κ2) is 4.20. The van der Waals surface area contributed by atoms with E-state index in [0.29, 0.717) is 6.42 Å². The van der Waals surface area contributed by atoms with Gasteiger partial charge in [-0.3, -0.25) is 9.59 Å². The summed E-state index contributed by atoms with van der Waals surface area (Å²) in [5, 5.41) is 8.64. The Hall–Kier alpha value is -1.84. The lowest BCUT2D eigenvalue weighted by atomic mass is 9.99. The van der Waals surface area contributed by atoms with Crippen molar-refractivity contribution in [2.24, 2.45) is 0 Å². The predicted octanol–water partition coefficient (Wildman–Crippen LogP) is 1.78. The van der Waals surface area contributed by atoms with Crippen LogP contribution in [-0.4, -0.2) is 24.0 Å². The highest BCUT2D eigenvalue weighted by molar-refractivity contribution is 6.04. The lowest BCUT2D eigenvalue weighted by Gasteiger charge is -2.10. The van der Waals surface area contributed by atoms with Gasteiger partial charge in [0.1, 0.15) is 0 Å². The highest BCUT2D eigenvalue weighted by Gasteiger charge is 2.31. The van der Waals surface area contributed by atoms with Crippen molar-refractivity contribution >= 4 is 17.6 Å². The first-order chi connectivity index (χ1) is 8.00. The summed E-state index contributed by atoms with van der Waals surface area (Å²) in [7, 11) is 1.77. The first-order valence-electron chi connectivity index (χ1n) is 5.63. The minimum Gasteiger partial charge on any atom is -0.481 e. The molecule has 0 radical (unpaired) electrons. The van der Waals surface area contributed by atoms with E-state index in [1.807, 2.05) is 25.1 Å². The number of anilines is 1. The maximum Gasteiger partial charge on any atom is 0.303 e. The number of benzene rings is 1. The van der Waals surface area contributed by atoms with Crippen molar-refractivity contribution < 1.29 is 14.7 Å². The number of hydrogen-bond donors (Lipinski definition) is 1. The summed E-state index contributed by atoms with van der Waals surface area (Å²) in [5.74, 6) is -0.832. The molecule has 0 spiro atoms. The van der Waals surface area contributed by atoms with Gasteiger partial charge in [0.15, 0.2) is 0 Å². The minimum atomic E-state index is -0.799. The molecule has 1 heterocycles. The second-order valence-corrected chi connectivity index (χ2v) is 4.41. The average molecular weight is 233 g/mol. The molecular formula is C13H15NO3. The number of aryl methyl sites for hydroxylation is 1. The Labute approximate surface area is 99.9 Å². The third-order valence-electron chi connectivity index (χ3n) is 3.25. The number of rotatable bonds is 3. The maximum absolute atomic E-state index is 11.8. The molecule has 1 unspecified atom stereocenters. The van der Waals surface area contributed by atoms with Crippen LogP contribution in [0.2, 0.25) is 0 Å². The highest BCUT2D eigenvalue weighted by Crippen LogP contribution is 2.36. The Kier molecular flexibility index (Phi) is 2.88. The van der Waals surface area contributed by atoms with Crippen LogP contribution < -0.4 is 4.90 Å². The van der Waals surface area contributed by atoms with Gasteiger partial charge < -0.3 is 10.0 Å². The van der Waals surface area contributed by atoms with Gasteiger partial charge in [0.05, 0.1) is 5.92 Å². The summed E-state index contributed by atoms with van der Waals surface area (Å²) in [5.41, 5.74) is 2.91. The van der Waals surface area contributed by atoms with Crippen LogP contribution in [0.1, 0.15) is 30.4 Å². The summed E-state index contributed by atoms with van der Waals surface area (Å²) in [6.07, 6.45) is 0.629. The van der Waals surface area contributed by atoms with Crippen molar-refractivity contribution in [1.82, 2.24) is 0 Å². The number of carbonyl (C=O) groups excluding carboxylic acids is 1. The summed E-state index contributed by atoms with van der Waals surface area (Å²) in [4.78, 5) is 23.9. The topological polar surface area (TPSA) is 57.6 Å². The van der Waals surface area contributed by atoms with E-state index in [4.69, 9.17) is 5.11 Å². The van der Waals surface area contributed by atoms with Gasteiger partial charge in [-0.15, -0.1) is 0 Å². The smallest absolute Gasteiger partial charge is 0.303 e. The Balaban J connectivity index is 2.27. The standard InChI is InChI=1S/C13H15NO3/c1-8-10-7-9(4-6-12(15)16)3-5-11(10)14(2)13(8)17/h3,5,7-8H,4,6H2,1-2H3,(H,15,16). The van der Waals surface area contributed by atoms with Crippen LogP contribution in [0.25, 0.3) is 0 Å². The van der Waals surface area contributed by atoms with Crippen LogP contribution in [0, 0.1) is 0 Å². The predicted molar refractivity (Wildman–Crippen MR) is 64.2 cm³/mol. The molecule has 90 valence electrons. The number of likely N-dealkylation sites (N-methyl/N-ethyl adjacent to an activating group) is 1. The van der Waals surface area contributed by atoms with E-state index in [1.165, 1.54) is 0 Å². The molecule has 1 aromatic rings. The SMILES string of the molecule is CC1C(=O)N(C)c2ccc(CCC(=O)O)cc21. The molecule has 1 N–H and O–H groups in total. The molecule has 0 saturated carbocycles. The van der Waals surface area contributed by atoms with E-state index in [2.05, 4.69) is 0 Å². The Morgan fingerprint density at radius 2 is 2.18 bits per heavy atom. The average Bonchev–Trinajstić information content (AvgIpc) is 2.52. The van der Waals surface area contributed by atoms with E-state index in [-0.39, 0.29) is 18.2 Å². The quantitative estimate of drug-likeness (QED) is 0.865. The van der Waals surface area contributed by atoms with Crippen molar-refractivity contribution in [3.8, 4) is 0 Å². The zero-order valence-electron chi connectivity index (χ0n) is 9.93. The molecule has 0 fully saturated rings. The van der Waals surface area contributed by atoms with E-state index < -0.39 is 5.97 Å². The van der Waals surface area contributed by atoms with Crippen molar-refractivity contribution in [3.63, 3.8) is 0 Å². The lowest BCUT2D eigenvalue weighted by Crippen LogP contribution is -2.22. The zero-order chi connectivity index (χ0) is 12.6. The maximum atomic E-state index is 11.8. The Morgan fingerprint density at radius 1 is 1.47 bits per heavy atom. The molecule has 2 rings (SSSR count). The number of hydrogen-bond acceptors (Lipinski definition) is 2. The van der Waals surface area contributed by atoms with E-state index >= 15 is 0 Å². The van der Waals surface area contributed by atoms with E-state index in [0.717, 1.165) is 16.8 Å². The number of carboxylic acids is 1. The number of amides is 1. The van der Waals surface area contributed by atoms with Crippen molar-refractivity contribution in [3.05, 3.63) is 29.3 Å². The monoisotopic (exact) mass is 233 g/mol. The first-order valence-corrected chi connectivity index (χ1v) is 5.63. The lowest BCUT2D eigenvalue weighted by molar-refractivity contribution is -0.137. The van der Waals surface area contributed by atoms with Gasteiger partial charge in [0.2, 0.25) is 5.91 Å². The molecule has 1 amide bonds. The van der Waals surface area contributed by atoms with Crippen molar-refractivity contribution in [2.45, 2.75) is 25.7 Å². The van der Waals surface area contributed by atoms with E-state index in [9.17, 15) is 9.59 Å². The Morgan fingerprint density at radius 3 is 2.82 bits per heavy atom. The van der Waals surface area contributed by atoms with Crippen molar-refractivity contribution in [2.75, 3.05) is 11.9 Å². The molecule has 1 aliphatic rings. The molecular weight excluding hydrogens is 218 g/mol. The van der Waals surface area contributed by atoms with Gasteiger partial charge in [0.25, 0.3) is 0 Å². The van der Waals surface area contributed by atoms with Gasteiger partial charge in [0, 0.05) is 19.2 Å². The van der Waals surface area contributed by atoms with Crippen LogP contribution >= 0.6 is 0 Å². The first kappa shape index (κ1) is 11.6. The summed E-state index contributed by atoms with van der Waals surface area (Å²) >= 11 is 0. The summed E-state index contributed by atoms with van der Waals surface area (Å²) < 4.78 is 0. The normalized spacial score (nSPS) is 18.4. The molecule has 4 heteroatoms. The second-order valence-electron chi connectivity index (χ2n) is 4.41. The van der Waals surface area contributed by atoms with Gasteiger partial charge in [-0.05, 0) is 30.5 Å². The fourth-order valence-electron chi connectivity index (χ4n) is 2.21. The molecule has 0 aromatic heterocycles. The molecule has 0 saturated heterocycles. The molecule has 1 atom stereocenters. The van der Waals surface area contributed by atoms with Gasteiger partial charge in [-0.2, -0.15) is 0 Å². The largest absolute Gasteiger partial charge is 0.481 e. The molecule has 1 aromatic carbocycles. The van der Waals surface area contributed by atoms with Gasteiger partial charge in [-0.25, -0.2) is 0 Å². The molecule has 0 aliphatic carbocycles. The minimum absolute atomic E-state index is 0.0929. The number of aliphatic carboxylic acids is 1. The third-order valence-corrected chi connectivity index (χ3v) is 3.25. The van der Waals surface area contributed by atoms with Gasteiger partial charge in [-0.1, -0.05) is 12.1 Å². The number of carboxylic acid groups (broad SMARTS) is 1.